The molecule has 1 fully saturated rings. The molecule has 4 nitrogen and oxygen atoms in total. The average Bonchev–Trinajstić information content (AvgIpc) is 2.64. The molecule has 0 aromatic heterocycles. The van der Waals surface area contributed by atoms with Crippen molar-refractivity contribution in [2.24, 2.45) is 5.92 Å². The summed E-state index contributed by atoms with van der Waals surface area (Å²) in [6, 6.07) is 5.73. The average molecular weight is 222 g/mol. The summed E-state index contributed by atoms with van der Waals surface area (Å²) in [5.41, 5.74) is 8.49. The zero-order valence-electron chi connectivity index (χ0n) is 9.43. The lowest BCUT2D eigenvalue weighted by Crippen LogP contribution is -2.33. The van der Waals surface area contributed by atoms with E-state index in [4.69, 9.17) is 10.8 Å². The first-order valence-electron chi connectivity index (χ1n) is 5.55. The Morgan fingerprint density at radius 3 is 2.81 bits per heavy atom. The Bertz CT molecular complexity index is 381. The van der Waals surface area contributed by atoms with Crippen molar-refractivity contribution in [1.82, 2.24) is 0 Å². The van der Waals surface area contributed by atoms with Gasteiger partial charge in [-0.25, -0.2) is 0 Å². The van der Waals surface area contributed by atoms with E-state index in [-0.39, 0.29) is 12.5 Å². The number of aryl methyl sites for hydroxylation is 1. The van der Waals surface area contributed by atoms with Crippen molar-refractivity contribution in [3.8, 4) is 0 Å². The van der Waals surface area contributed by atoms with Gasteiger partial charge >= 0.3 is 0 Å². The van der Waals surface area contributed by atoms with Crippen LogP contribution in [0.2, 0.25) is 0 Å². The fourth-order valence-electron chi connectivity index (χ4n) is 2.15. The van der Waals surface area contributed by atoms with Crippen LogP contribution in [0.15, 0.2) is 18.2 Å². The topological polar surface area (TPSA) is 69.7 Å². The third-order valence-electron chi connectivity index (χ3n) is 3.30. The maximum absolute atomic E-state index is 10.00. The standard InChI is InChI=1S/C12H18N2O2/c1-8-6-10(2-3-11(8)13)14-5-4-9(7-15)12(14)16/h2-3,6,9,12,15-16H,4-5,7,13H2,1H3. The Labute approximate surface area is 95.3 Å². The zero-order chi connectivity index (χ0) is 11.7. The van der Waals surface area contributed by atoms with Gasteiger partial charge in [0.05, 0.1) is 6.61 Å². The maximum atomic E-state index is 10.00. The maximum Gasteiger partial charge on any atom is 0.132 e. The van der Waals surface area contributed by atoms with Crippen molar-refractivity contribution in [2.75, 3.05) is 23.8 Å². The van der Waals surface area contributed by atoms with Crippen LogP contribution in [0.3, 0.4) is 0 Å². The van der Waals surface area contributed by atoms with Crippen molar-refractivity contribution >= 4 is 11.4 Å². The Kier molecular flexibility index (Phi) is 3.03. The van der Waals surface area contributed by atoms with E-state index in [1.807, 2.05) is 30.0 Å². The summed E-state index contributed by atoms with van der Waals surface area (Å²) in [4.78, 5) is 1.91. The van der Waals surface area contributed by atoms with Crippen LogP contribution in [0.5, 0.6) is 0 Å². The van der Waals surface area contributed by atoms with E-state index in [0.717, 1.165) is 29.9 Å². The Balaban J connectivity index is 2.22. The molecule has 2 atom stereocenters. The number of hydrogen-bond donors (Lipinski definition) is 3. The van der Waals surface area contributed by atoms with Crippen molar-refractivity contribution in [3.05, 3.63) is 23.8 Å². The summed E-state index contributed by atoms with van der Waals surface area (Å²) in [7, 11) is 0. The second-order valence-electron chi connectivity index (χ2n) is 4.38. The minimum absolute atomic E-state index is 0.0334. The van der Waals surface area contributed by atoms with Gasteiger partial charge in [-0.1, -0.05) is 0 Å². The minimum atomic E-state index is -0.590. The molecule has 4 N–H and O–H groups in total. The highest BCUT2D eigenvalue weighted by atomic mass is 16.3. The molecule has 0 radical (unpaired) electrons. The van der Waals surface area contributed by atoms with Crippen LogP contribution in [0.25, 0.3) is 0 Å². The van der Waals surface area contributed by atoms with Gasteiger partial charge in [-0.3, -0.25) is 0 Å². The van der Waals surface area contributed by atoms with Gasteiger partial charge in [0.1, 0.15) is 6.23 Å². The smallest absolute Gasteiger partial charge is 0.132 e. The molecular weight excluding hydrogens is 204 g/mol. The van der Waals surface area contributed by atoms with E-state index in [0.29, 0.717) is 0 Å². The number of aliphatic hydroxyl groups is 2. The molecule has 88 valence electrons. The minimum Gasteiger partial charge on any atom is -0.399 e. The lowest BCUT2D eigenvalue weighted by molar-refractivity contribution is 0.0921. The van der Waals surface area contributed by atoms with Gasteiger partial charge in [-0.15, -0.1) is 0 Å². The van der Waals surface area contributed by atoms with Gasteiger partial charge in [-0.2, -0.15) is 0 Å². The summed E-state index contributed by atoms with van der Waals surface area (Å²) in [6.45, 7) is 2.76. The Morgan fingerprint density at radius 2 is 2.25 bits per heavy atom. The zero-order valence-corrected chi connectivity index (χ0v) is 9.43. The lowest BCUT2D eigenvalue weighted by Gasteiger charge is -2.25. The number of benzene rings is 1. The molecule has 0 aliphatic carbocycles. The van der Waals surface area contributed by atoms with Crippen LogP contribution >= 0.6 is 0 Å². The van der Waals surface area contributed by atoms with Crippen LogP contribution in [-0.4, -0.2) is 29.6 Å². The molecule has 1 aromatic carbocycles. The number of anilines is 2. The third-order valence-corrected chi connectivity index (χ3v) is 3.30. The quantitative estimate of drug-likeness (QED) is 0.645. The Morgan fingerprint density at radius 1 is 1.50 bits per heavy atom. The van der Waals surface area contributed by atoms with E-state index < -0.39 is 6.23 Å². The van der Waals surface area contributed by atoms with Gasteiger partial charge in [0.25, 0.3) is 0 Å². The third kappa shape index (κ3) is 1.86. The van der Waals surface area contributed by atoms with Crippen LogP contribution in [0.4, 0.5) is 11.4 Å². The molecule has 2 unspecified atom stereocenters. The van der Waals surface area contributed by atoms with Crippen molar-refractivity contribution < 1.29 is 10.2 Å². The Hall–Kier alpha value is -1.26. The second-order valence-corrected chi connectivity index (χ2v) is 4.38. The van der Waals surface area contributed by atoms with E-state index >= 15 is 0 Å². The number of nitrogens with zero attached hydrogens (tertiary/aromatic N) is 1. The molecule has 1 heterocycles. The number of nitrogens with two attached hydrogens (primary N) is 1. The first-order valence-corrected chi connectivity index (χ1v) is 5.55. The molecule has 1 saturated heterocycles. The monoisotopic (exact) mass is 222 g/mol. The molecule has 16 heavy (non-hydrogen) atoms. The van der Waals surface area contributed by atoms with Crippen LogP contribution in [-0.2, 0) is 0 Å². The molecule has 4 heteroatoms. The van der Waals surface area contributed by atoms with Crippen molar-refractivity contribution in [2.45, 2.75) is 19.6 Å². The van der Waals surface area contributed by atoms with E-state index in [1.165, 1.54) is 0 Å². The molecule has 2 rings (SSSR count). The summed E-state index contributed by atoms with van der Waals surface area (Å²) in [5.74, 6) is -0.0436. The number of aliphatic hydroxyl groups excluding tert-OH is 2. The van der Waals surface area contributed by atoms with Crippen molar-refractivity contribution in [3.63, 3.8) is 0 Å². The van der Waals surface area contributed by atoms with Crippen LogP contribution < -0.4 is 10.6 Å². The fraction of sp³-hybridized carbons (Fsp3) is 0.500. The highest BCUT2D eigenvalue weighted by Gasteiger charge is 2.32. The molecule has 0 saturated carbocycles. The van der Waals surface area contributed by atoms with Gasteiger partial charge in [0.15, 0.2) is 0 Å². The molecule has 0 spiro atoms. The lowest BCUT2D eigenvalue weighted by atomic mass is 10.1. The van der Waals surface area contributed by atoms with E-state index in [9.17, 15) is 5.11 Å². The van der Waals surface area contributed by atoms with Gasteiger partial charge in [-0.05, 0) is 37.1 Å². The largest absolute Gasteiger partial charge is 0.399 e. The molecule has 1 aromatic rings. The highest BCUT2D eigenvalue weighted by Crippen LogP contribution is 2.29. The predicted octanol–water partition coefficient (Wildman–Crippen LogP) is 0.714. The fourth-order valence-corrected chi connectivity index (χ4v) is 2.15. The molecule has 0 amide bonds. The molecule has 1 aliphatic rings. The summed E-state index contributed by atoms with van der Waals surface area (Å²) in [5, 5.41) is 19.1. The first kappa shape index (κ1) is 11.2. The summed E-state index contributed by atoms with van der Waals surface area (Å²) >= 11 is 0. The number of hydrogen-bond acceptors (Lipinski definition) is 4. The summed E-state index contributed by atoms with van der Waals surface area (Å²) in [6.07, 6.45) is 0.231. The van der Waals surface area contributed by atoms with Gasteiger partial charge < -0.3 is 20.8 Å². The number of nitrogen functional groups attached to an aromatic ring is 1. The van der Waals surface area contributed by atoms with Crippen molar-refractivity contribution in [1.29, 1.82) is 0 Å². The SMILES string of the molecule is Cc1cc(N2CCC(CO)C2O)ccc1N. The number of rotatable bonds is 2. The van der Waals surface area contributed by atoms with E-state index in [2.05, 4.69) is 0 Å². The molecule has 1 aliphatic heterocycles. The van der Waals surface area contributed by atoms with Gasteiger partial charge in [0, 0.05) is 23.8 Å². The van der Waals surface area contributed by atoms with Gasteiger partial charge in [0.2, 0.25) is 0 Å². The second kappa shape index (κ2) is 4.31. The first-order chi connectivity index (χ1) is 7.63. The molecule has 0 bridgehead atoms. The van der Waals surface area contributed by atoms with Crippen LogP contribution in [0, 0.1) is 12.8 Å². The summed E-state index contributed by atoms with van der Waals surface area (Å²) < 4.78 is 0. The van der Waals surface area contributed by atoms with Crippen LogP contribution in [0.1, 0.15) is 12.0 Å². The highest BCUT2D eigenvalue weighted by molar-refractivity contribution is 5.58. The predicted molar refractivity (Wildman–Crippen MR) is 64.1 cm³/mol. The molecular formula is C12H18N2O2. The van der Waals surface area contributed by atoms with E-state index in [1.54, 1.807) is 0 Å². The normalized spacial score (nSPS) is 25.1.